The highest BCUT2D eigenvalue weighted by Gasteiger charge is 2.47. The highest BCUT2D eigenvalue weighted by Crippen LogP contribution is 2.40. The van der Waals surface area contributed by atoms with Gasteiger partial charge in [-0.2, -0.15) is 0 Å². The molecule has 0 aromatic heterocycles. The van der Waals surface area contributed by atoms with Gasteiger partial charge in [0, 0.05) is 11.8 Å². The first kappa shape index (κ1) is 15.0. The summed E-state index contributed by atoms with van der Waals surface area (Å²) in [5.74, 6) is -0.300. The van der Waals surface area contributed by atoms with Crippen LogP contribution in [0.25, 0.3) is 0 Å². The van der Waals surface area contributed by atoms with E-state index < -0.39 is 20.1 Å². The molecule has 4 nitrogen and oxygen atoms in total. The van der Waals surface area contributed by atoms with Gasteiger partial charge in [-0.1, -0.05) is 18.2 Å². The third kappa shape index (κ3) is 2.22. The summed E-state index contributed by atoms with van der Waals surface area (Å²) in [7, 11) is -3.37. The molecule has 1 unspecified atom stereocenters. The van der Waals surface area contributed by atoms with E-state index in [1.54, 1.807) is 32.0 Å². The van der Waals surface area contributed by atoms with Gasteiger partial charge in [0.05, 0.1) is 5.54 Å². The molecule has 1 aliphatic rings. The molecule has 20 heavy (non-hydrogen) atoms. The van der Waals surface area contributed by atoms with Crippen molar-refractivity contribution in [1.29, 1.82) is 0 Å². The van der Waals surface area contributed by atoms with Crippen LogP contribution in [0.5, 0.6) is 0 Å². The Labute approximate surface area is 118 Å². The second-order valence-electron chi connectivity index (χ2n) is 5.75. The Morgan fingerprint density at radius 3 is 2.35 bits per heavy atom. The van der Waals surface area contributed by atoms with Gasteiger partial charge in [0.1, 0.15) is 16.4 Å². The molecule has 1 heterocycles. The Morgan fingerprint density at radius 1 is 1.25 bits per heavy atom. The molecule has 1 aliphatic heterocycles. The zero-order valence-corrected chi connectivity index (χ0v) is 12.7. The highest BCUT2D eigenvalue weighted by atomic mass is 32.2. The van der Waals surface area contributed by atoms with Crippen molar-refractivity contribution in [3.05, 3.63) is 35.6 Å². The minimum absolute atomic E-state index is 0.0528. The van der Waals surface area contributed by atoms with Crippen LogP contribution < -0.4 is 5.73 Å². The average Bonchev–Trinajstić information content (AvgIpc) is 2.33. The smallest absolute Gasteiger partial charge is 0.160 e. The van der Waals surface area contributed by atoms with Crippen LogP contribution in [0, 0.1) is 5.82 Å². The van der Waals surface area contributed by atoms with E-state index in [4.69, 9.17) is 5.73 Å². The molecule has 0 fully saturated rings. The second kappa shape index (κ2) is 4.55. The number of amidine groups is 1. The lowest BCUT2D eigenvalue weighted by atomic mass is 9.81. The summed E-state index contributed by atoms with van der Waals surface area (Å²) in [6.07, 6.45) is 1.91. The van der Waals surface area contributed by atoms with Crippen molar-refractivity contribution in [3.63, 3.8) is 0 Å². The first-order valence-electron chi connectivity index (χ1n) is 6.41. The van der Waals surface area contributed by atoms with Gasteiger partial charge in [-0.15, -0.1) is 0 Å². The van der Waals surface area contributed by atoms with Gasteiger partial charge < -0.3 is 5.73 Å². The Morgan fingerprint density at radius 2 is 1.85 bits per heavy atom. The van der Waals surface area contributed by atoms with Gasteiger partial charge in [-0.3, -0.25) is 4.99 Å². The van der Waals surface area contributed by atoms with Crippen LogP contribution in [-0.2, 0) is 15.4 Å². The van der Waals surface area contributed by atoms with E-state index in [1.807, 2.05) is 0 Å². The van der Waals surface area contributed by atoms with Gasteiger partial charge in [0.25, 0.3) is 0 Å². The van der Waals surface area contributed by atoms with Crippen LogP contribution in [0.3, 0.4) is 0 Å². The van der Waals surface area contributed by atoms with Crippen molar-refractivity contribution in [2.45, 2.75) is 37.0 Å². The van der Waals surface area contributed by atoms with Crippen molar-refractivity contribution >= 4 is 15.7 Å². The number of hydrogen-bond donors (Lipinski definition) is 1. The van der Waals surface area contributed by atoms with Crippen molar-refractivity contribution in [2.75, 3.05) is 6.26 Å². The van der Waals surface area contributed by atoms with Crippen molar-refractivity contribution in [1.82, 2.24) is 0 Å². The maximum absolute atomic E-state index is 13.9. The molecular weight excluding hydrogens is 279 g/mol. The van der Waals surface area contributed by atoms with Crippen LogP contribution in [-0.4, -0.2) is 25.3 Å². The Kier molecular flexibility index (Phi) is 3.40. The van der Waals surface area contributed by atoms with Crippen LogP contribution in [0.1, 0.15) is 32.3 Å². The van der Waals surface area contributed by atoms with Crippen LogP contribution in [0.2, 0.25) is 0 Å². The van der Waals surface area contributed by atoms with E-state index >= 15 is 0 Å². The van der Waals surface area contributed by atoms with Crippen LogP contribution >= 0.6 is 0 Å². The van der Waals surface area contributed by atoms with Gasteiger partial charge in [-0.05, 0) is 32.8 Å². The minimum Gasteiger partial charge on any atom is -0.386 e. The quantitative estimate of drug-likeness (QED) is 0.907. The Hall–Kier alpha value is -1.43. The van der Waals surface area contributed by atoms with Gasteiger partial charge in [-0.25, -0.2) is 12.8 Å². The molecule has 0 amide bonds. The van der Waals surface area contributed by atoms with E-state index in [2.05, 4.69) is 4.99 Å². The molecule has 0 aliphatic carbocycles. The van der Waals surface area contributed by atoms with Crippen molar-refractivity contribution < 1.29 is 12.8 Å². The zero-order chi connectivity index (χ0) is 15.2. The maximum Gasteiger partial charge on any atom is 0.160 e. The fourth-order valence-electron chi connectivity index (χ4n) is 2.52. The van der Waals surface area contributed by atoms with Gasteiger partial charge in [0.15, 0.2) is 9.84 Å². The molecule has 1 aromatic carbocycles. The average molecular weight is 298 g/mol. The molecular formula is C14H19FN2O2S. The molecule has 110 valence electrons. The first-order valence-corrected chi connectivity index (χ1v) is 8.30. The fraction of sp³-hybridized carbons (Fsp3) is 0.500. The summed E-state index contributed by atoms with van der Waals surface area (Å²) in [4.78, 5) is 4.34. The Bertz CT molecular complexity index is 672. The number of rotatable bonds is 2. The normalized spacial score (nSPS) is 30.9. The number of nitrogens with two attached hydrogens (primary N) is 1. The van der Waals surface area contributed by atoms with Crippen molar-refractivity contribution in [2.24, 2.45) is 10.7 Å². The molecule has 2 N–H and O–H groups in total. The predicted octanol–water partition coefficient (Wildman–Crippen LogP) is 2.00. The van der Waals surface area contributed by atoms with Gasteiger partial charge >= 0.3 is 0 Å². The second-order valence-corrected chi connectivity index (χ2v) is 8.20. The summed E-state index contributed by atoms with van der Waals surface area (Å²) in [6.45, 7) is 3.35. The zero-order valence-electron chi connectivity index (χ0n) is 11.9. The first-order chi connectivity index (χ1) is 9.10. The lowest BCUT2D eigenvalue weighted by Crippen LogP contribution is -2.52. The van der Waals surface area contributed by atoms with Crippen LogP contribution in [0.4, 0.5) is 4.39 Å². The van der Waals surface area contributed by atoms with E-state index in [1.165, 1.54) is 6.07 Å². The molecule has 0 saturated heterocycles. The predicted molar refractivity (Wildman–Crippen MR) is 77.9 cm³/mol. The number of hydrogen-bond acceptors (Lipinski definition) is 4. The summed E-state index contributed by atoms with van der Waals surface area (Å²) in [6, 6.07) is 6.38. The lowest BCUT2D eigenvalue weighted by molar-refractivity contribution is 0.379. The fourth-order valence-corrected chi connectivity index (χ4v) is 3.42. The summed E-state index contributed by atoms with van der Waals surface area (Å²) < 4.78 is 36.6. The molecule has 0 radical (unpaired) electrons. The molecule has 1 aromatic rings. The minimum atomic E-state index is -3.37. The molecule has 0 spiro atoms. The lowest BCUT2D eigenvalue weighted by Gasteiger charge is -2.39. The maximum atomic E-state index is 13.9. The van der Waals surface area contributed by atoms with Crippen LogP contribution in [0.15, 0.2) is 29.3 Å². The third-order valence-electron chi connectivity index (χ3n) is 4.27. The number of sulfone groups is 1. The topological polar surface area (TPSA) is 72.5 Å². The van der Waals surface area contributed by atoms with Crippen molar-refractivity contribution in [3.8, 4) is 0 Å². The summed E-state index contributed by atoms with van der Waals surface area (Å²) in [5.41, 5.74) is 5.53. The SMILES string of the molecule is CC1(S(C)(=O)=O)CC[C@@](C)(c2ccccc2F)N=C1N. The number of aliphatic imine (C=N–C) groups is 1. The largest absolute Gasteiger partial charge is 0.386 e. The molecule has 0 saturated carbocycles. The number of halogens is 1. The van der Waals surface area contributed by atoms with E-state index in [-0.39, 0.29) is 11.7 Å². The molecule has 2 rings (SSSR count). The van der Waals surface area contributed by atoms with E-state index in [0.29, 0.717) is 18.4 Å². The molecule has 2 atom stereocenters. The summed E-state index contributed by atoms with van der Waals surface area (Å²) in [5, 5.41) is 0. The number of nitrogens with zero attached hydrogens (tertiary/aromatic N) is 1. The Balaban J connectivity index is 2.53. The number of benzene rings is 1. The summed E-state index contributed by atoms with van der Waals surface area (Å²) >= 11 is 0. The van der Waals surface area contributed by atoms with E-state index in [0.717, 1.165) is 6.26 Å². The standard InChI is InChI=1S/C14H19FN2O2S/c1-13(10-6-4-5-7-11(10)15)8-9-14(2,12(16)17-13)20(3,18)19/h4-7H,8-9H2,1-3H3,(H2,16,17)/t13-,14?/m0/s1. The van der Waals surface area contributed by atoms with E-state index in [9.17, 15) is 12.8 Å². The third-order valence-corrected chi connectivity index (χ3v) is 6.32. The molecule has 0 bridgehead atoms. The van der Waals surface area contributed by atoms with Gasteiger partial charge in [0.2, 0.25) is 0 Å². The monoisotopic (exact) mass is 298 g/mol. The highest BCUT2D eigenvalue weighted by molar-refractivity contribution is 7.92. The molecule has 6 heteroatoms.